The minimum atomic E-state index is -0.490. The Morgan fingerprint density at radius 1 is 1.32 bits per heavy atom. The number of esters is 1. The molecule has 1 aromatic carbocycles. The normalized spacial score (nSPS) is 22.4. The summed E-state index contributed by atoms with van der Waals surface area (Å²) >= 11 is 3.45. The van der Waals surface area contributed by atoms with E-state index >= 15 is 0 Å². The van der Waals surface area contributed by atoms with Crippen molar-refractivity contribution in [3.8, 4) is 0 Å². The Balaban J connectivity index is 2.09. The lowest BCUT2D eigenvalue weighted by Gasteiger charge is -2.38. The van der Waals surface area contributed by atoms with E-state index in [0.717, 1.165) is 29.4 Å². The van der Waals surface area contributed by atoms with Gasteiger partial charge in [0.25, 0.3) is 0 Å². The van der Waals surface area contributed by atoms with E-state index in [2.05, 4.69) is 21.2 Å². The number of halogens is 1. The van der Waals surface area contributed by atoms with E-state index in [-0.39, 0.29) is 12.6 Å². The van der Waals surface area contributed by atoms with Gasteiger partial charge in [0, 0.05) is 11.0 Å². The van der Waals surface area contributed by atoms with Crippen LogP contribution in [0.4, 0.5) is 0 Å². The monoisotopic (exact) mass is 369 g/mol. The highest BCUT2D eigenvalue weighted by Crippen LogP contribution is 2.33. The van der Waals surface area contributed by atoms with E-state index in [1.54, 1.807) is 0 Å². The summed E-state index contributed by atoms with van der Waals surface area (Å²) in [5.41, 5.74) is 0.137. The largest absolute Gasteiger partial charge is 0.458 e. The van der Waals surface area contributed by atoms with E-state index in [0.29, 0.717) is 6.54 Å². The molecule has 0 radical (unpaired) electrons. The van der Waals surface area contributed by atoms with Gasteiger partial charge in [0.05, 0.1) is 0 Å². The van der Waals surface area contributed by atoms with E-state index in [1.807, 2.05) is 45.0 Å². The first-order valence-corrected chi connectivity index (χ1v) is 8.43. The Morgan fingerprint density at radius 2 is 2.00 bits per heavy atom. The average molecular weight is 370 g/mol. The average Bonchev–Trinajstić information content (AvgIpc) is 2.45. The van der Waals surface area contributed by atoms with Crippen LogP contribution in [0, 0.1) is 0 Å². The molecule has 1 saturated heterocycles. The third-order valence-electron chi connectivity index (χ3n) is 3.60. The number of hydrogen-bond acceptors (Lipinski definition) is 4. The highest BCUT2D eigenvalue weighted by Gasteiger charge is 2.36. The molecule has 2 rings (SSSR count). The van der Waals surface area contributed by atoms with Crippen molar-refractivity contribution in [2.45, 2.75) is 44.8 Å². The minimum absolute atomic E-state index is 0.0327. The number of benzene rings is 1. The van der Waals surface area contributed by atoms with Crippen molar-refractivity contribution in [2.75, 3.05) is 19.7 Å². The van der Waals surface area contributed by atoms with Crippen molar-refractivity contribution in [1.82, 2.24) is 5.32 Å². The van der Waals surface area contributed by atoms with Gasteiger partial charge in [-0.05, 0) is 57.9 Å². The van der Waals surface area contributed by atoms with Crippen molar-refractivity contribution in [3.05, 3.63) is 34.3 Å². The number of rotatable bonds is 4. The predicted molar refractivity (Wildman–Crippen MR) is 89.7 cm³/mol. The molecular weight excluding hydrogens is 346 g/mol. The molecule has 4 nitrogen and oxygen atoms in total. The van der Waals surface area contributed by atoms with Crippen molar-refractivity contribution in [3.63, 3.8) is 0 Å². The second-order valence-electron chi connectivity index (χ2n) is 6.66. The van der Waals surface area contributed by atoms with Crippen LogP contribution in [0.25, 0.3) is 0 Å². The van der Waals surface area contributed by atoms with Crippen LogP contribution in [0.1, 0.15) is 39.2 Å². The molecule has 1 heterocycles. The molecule has 1 aliphatic heterocycles. The van der Waals surface area contributed by atoms with E-state index in [1.165, 1.54) is 0 Å². The number of ether oxygens (including phenoxy) is 2. The first-order valence-electron chi connectivity index (χ1n) is 7.63. The van der Waals surface area contributed by atoms with Gasteiger partial charge in [0.1, 0.15) is 17.8 Å². The molecule has 1 unspecified atom stereocenters. The summed E-state index contributed by atoms with van der Waals surface area (Å²) in [5, 5.41) is 3.37. The lowest BCUT2D eigenvalue weighted by Crippen LogP contribution is -2.46. The van der Waals surface area contributed by atoms with Crippen LogP contribution in [0.5, 0.6) is 0 Å². The third-order valence-corrected chi connectivity index (χ3v) is 4.13. The van der Waals surface area contributed by atoms with Gasteiger partial charge >= 0.3 is 5.97 Å². The number of nitrogens with one attached hydrogen (secondary N) is 1. The second kappa shape index (κ2) is 7.11. The smallest absolute Gasteiger partial charge is 0.332 e. The first-order chi connectivity index (χ1) is 10.3. The van der Waals surface area contributed by atoms with Gasteiger partial charge in [-0.3, -0.25) is 0 Å². The molecule has 0 bridgehead atoms. The maximum absolute atomic E-state index is 12.0. The molecule has 1 fully saturated rings. The fourth-order valence-electron chi connectivity index (χ4n) is 2.65. The quantitative estimate of drug-likeness (QED) is 0.826. The van der Waals surface area contributed by atoms with Crippen LogP contribution in [0.15, 0.2) is 28.7 Å². The topological polar surface area (TPSA) is 47.6 Å². The molecule has 1 aliphatic rings. The number of hydrogen-bond donors (Lipinski definition) is 1. The van der Waals surface area contributed by atoms with Crippen LogP contribution < -0.4 is 5.32 Å². The van der Waals surface area contributed by atoms with Gasteiger partial charge in [0.15, 0.2) is 0 Å². The second-order valence-corrected chi connectivity index (χ2v) is 7.57. The predicted octanol–water partition coefficient (Wildman–Crippen LogP) is 3.39. The minimum Gasteiger partial charge on any atom is -0.458 e. The molecule has 0 amide bonds. The molecule has 5 heteroatoms. The zero-order valence-electron chi connectivity index (χ0n) is 13.4. The summed E-state index contributed by atoms with van der Waals surface area (Å²) in [5.74, 6) is -0.324. The Kier molecular flexibility index (Phi) is 5.64. The molecule has 0 spiro atoms. The zero-order chi connectivity index (χ0) is 16.2. The fraction of sp³-hybridized carbons (Fsp3) is 0.588. The number of carbonyl (C=O) groups is 1. The molecular formula is C17H24BrNO3. The Morgan fingerprint density at radius 3 is 2.55 bits per heavy atom. The van der Waals surface area contributed by atoms with E-state index in [4.69, 9.17) is 9.47 Å². The Hall–Kier alpha value is -0.910. The highest BCUT2D eigenvalue weighted by atomic mass is 79.9. The van der Waals surface area contributed by atoms with Gasteiger partial charge in [-0.25, -0.2) is 4.79 Å². The van der Waals surface area contributed by atoms with Crippen molar-refractivity contribution in [2.24, 2.45) is 0 Å². The van der Waals surface area contributed by atoms with Gasteiger partial charge in [-0.1, -0.05) is 28.1 Å². The van der Waals surface area contributed by atoms with Crippen LogP contribution >= 0.6 is 15.9 Å². The SMILES string of the molecule is CC(C)(C)OC(=O)COC1(c2ccc(Br)cc2)CCCNC1. The number of piperidine rings is 1. The molecule has 0 aliphatic carbocycles. The van der Waals surface area contributed by atoms with Crippen molar-refractivity contribution in [1.29, 1.82) is 0 Å². The highest BCUT2D eigenvalue weighted by molar-refractivity contribution is 9.10. The molecule has 122 valence electrons. The van der Waals surface area contributed by atoms with Crippen LogP contribution in [-0.2, 0) is 19.9 Å². The third kappa shape index (κ3) is 4.80. The van der Waals surface area contributed by atoms with Crippen molar-refractivity contribution >= 4 is 21.9 Å². The summed E-state index contributed by atoms with van der Waals surface area (Å²) < 4.78 is 12.4. The fourth-order valence-corrected chi connectivity index (χ4v) is 2.92. The number of carbonyl (C=O) groups excluding carboxylic acids is 1. The van der Waals surface area contributed by atoms with Crippen LogP contribution in [0.2, 0.25) is 0 Å². The summed E-state index contributed by atoms with van der Waals surface area (Å²) in [7, 11) is 0. The van der Waals surface area contributed by atoms with Gasteiger partial charge < -0.3 is 14.8 Å². The van der Waals surface area contributed by atoms with E-state index in [9.17, 15) is 4.79 Å². The van der Waals surface area contributed by atoms with Crippen molar-refractivity contribution < 1.29 is 14.3 Å². The Labute approximate surface area is 140 Å². The molecule has 1 N–H and O–H groups in total. The molecule has 1 aromatic rings. The van der Waals surface area contributed by atoms with E-state index < -0.39 is 11.2 Å². The lowest BCUT2D eigenvalue weighted by atomic mass is 9.86. The van der Waals surface area contributed by atoms with Crippen LogP contribution in [0.3, 0.4) is 0 Å². The first kappa shape index (κ1) is 17.4. The van der Waals surface area contributed by atoms with Crippen LogP contribution in [-0.4, -0.2) is 31.3 Å². The van der Waals surface area contributed by atoms with Gasteiger partial charge in [-0.15, -0.1) is 0 Å². The summed E-state index contributed by atoms with van der Waals surface area (Å²) in [6, 6.07) is 8.10. The zero-order valence-corrected chi connectivity index (χ0v) is 15.0. The summed E-state index contributed by atoms with van der Waals surface area (Å²) in [4.78, 5) is 12.0. The van der Waals surface area contributed by atoms with Gasteiger partial charge in [0.2, 0.25) is 0 Å². The summed E-state index contributed by atoms with van der Waals surface area (Å²) in [6.45, 7) is 7.23. The molecule has 1 atom stereocenters. The standard InChI is InChI=1S/C17H24BrNO3/c1-16(2,3)22-15(20)11-21-17(9-4-10-19-12-17)13-5-7-14(18)8-6-13/h5-8,19H,4,9-12H2,1-3H3. The Bertz CT molecular complexity index is 502. The maximum atomic E-state index is 12.0. The molecule has 0 aromatic heterocycles. The van der Waals surface area contributed by atoms with Gasteiger partial charge in [-0.2, -0.15) is 0 Å². The maximum Gasteiger partial charge on any atom is 0.332 e. The lowest BCUT2D eigenvalue weighted by molar-refractivity contribution is -0.169. The summed E-state index contributed by atoms with van der Waals surface area (Å²) in [6.07, 6.45) is 1.91. The molecule has 22 heavy (non-hydrogen) atoms. The molecule has 0 saturated carbocycles.